The summed E-state index contributed by atoms with van der Waals surface area (Å²) in [4.78, 5) is 27.4. The van der Waals surface area contributed by atoms with Gasteiger partial charge in [0.25, 0.3) is 11.8 Å². The second kappa shape index (κ2) is 7.18. The molecule has 3 rings (SSSR count). The fraction of sp³-hybridized carbons (Fsp3) is 0.158. The Labute approximate surface area is 150 Å². The molecular weight excluding hydrogens is 332 g/mol. The zero-order valence-electron chi connectivity index (χ0n) is 14.7. The molecule has 132 valence electrons. The van der Waals surface area contributed by atoms with E-state index < -0.39 is 11.8 Å². The van der Waals surface area contributed by atoms with E-state index in [1.54, 1.807) is 75.6 Å². The second-order valence-corrected chi connectivity index (χ2v) is 5.67. The molecule has 0 radical (unpaired) electrons. The van der Waals surface area contributed by atoms with Crippen LogP contribution in [0.15, 0.2) is 54.6 Å². The normalized spacial score (nSPS) is 10.4. The fourth-order valence-corrected chi connectivity index (χ4v) is 2.41. The van der Waals surface area contributed by atoms with Crippen LogP contribution in [0.5, 0.6) is 5.75 Å². The minimum absolute atomic E-state index is 0.336. The van der Waals surface area contributed by atoms with Crippen LogP contribution in [0.2, 0.25) is 0 Å². The molecule has 26 heavy (non-hydrogen) atoms. The Bertz CT molecular complexity index is 933. The predicted molar refractivity (Wildman–Crippen MR) is 95.8 cm³/mol. The van der Waals surface area contributed by atoms with Crippen molar-refractivity contribution in [1.29, 1.82) is 0 Å². The second-order valence-electron chi connectivity index (χ2n) is 5.67. The Morgan fingerprint density at radius 3 is 2.00 bits per heavy atom. The van der Waals surface area contributed by atoms with Gasteiger partial charge in [-0.2, -0.15) is 5.01 Å². The van der Waals surface area contributed by atoms with Gasteiger partial charge in [0.2, 0.25) is 0 Å². The largest absolute Gasteiger partial charge is 0.497 e. The van der Waals surface area contributed by atoms with Crippen LogP contribution in [-0.4, -0.2) is 34.0 Å². The maximum Gasteiger partial charge on any atom is 0.281 e. The van der Waals surface area contributed by atoms with E-state index in [1.807, 2.05) is 0 Å². The summed E-state index contributed by atoms with van der Waals surface area (Å²) in [5, 5.41) is 8.92. The van der Waals surface area contributed by atoms with Gasteiger partial charge in [-0.1, -0.05) is 18.2 Å². The summed E-state index contributed by atoms with van der Waals surface area (Å²) in [6, 6.07) is 15.1. The van der Waals surface area contributed by atoms with E-state index in [-0.39, 0.29) is 0 Å². The molecule has 1 aromatic heterocycles. The van der Waals surface area contributed by atoms with E-state index in [9.17, 15) is 9.59 Å². The first-order chi connectivity index (χ1) is 12.5. The first-order valence-corrected chi connectivity index (χ1v) is 8.00. The highest BCUT2D eigenvalue weighted by Crippen LogP contribution is 2.15. The highest BCUT2D eigenvalue weighted by atomic mass is 16.5. The van der Waals surface area contributed by atoms with Gasteiger partial charge in [0.1, 0.15) is 5.75 Å². The number of carbonyl (C=O) groups excluding carboxylic acids is 2. The Morgan fingerprint density at radius 2 is 1.50 bits per heavy atom. The first kappa shape index (κ1) is 17.3. The fourth-order valence-electron chi connectivity index (χ4n) is 2.41. The van der Waals surface area contributed by atoms with Crippen molar-refractivity contribution in [2.24, 2.45) is 0 Å². The topological polar surface area (TPSA) is 77.3 Å². The Hall–Kier alpha value is -3.48. The lowest BCUT2D eigenvalue weighted by molar-refractivity contribution is 0.0846. The lowest BCUT2D eigenvalue weighted by Gasteiger charge is -2.21. The summed E-state index contributed by atoms with van der Waals surface area (Å²) in [5.74, 6) is -0.371. The summed E-state index contributed by atoms with van der Waals surface area (Å²) in [6.07, 6.45) is 0. The number of amides is 2. The van der Waals surface area contributed by atoms with Crippen LogP contribution < -0.4 is 9.75 Å². The van der Waals surface area contributed by atoms with Crippen molar-refractivity contribution in [3.05, 3.63) is 77.1 Å². The smallest absolute Gasteiger partial charge is 0.281 e. The number of ether oxygens (including phenoxy) is 1. The lowest BCUT2D eigenvalue weighted by atomic mass is 10.1. The molecule has 7 heteroatoms. The third kappa shape index (κ3) is 3.19. The van der Waals surface area contributed by atoms with Crippen molar-refractivity contribution in [3.8, 4) is 5.75 Å². The maximum atomic E-state index is 13.1. The molecule has 2 aromatic carbocycles. The molecule has 0 atom stereocenters. The quantitative estimate of drug-likeness (QED) is 0.676. The highest BCUT2D eigenvalue weighted by Gasteiger charge is 2.28. The van der Waals surface area contributed by atoms with Crippen LogP contribution in [0.3, 0.4) is 0 Å². The van der Waals surface area contributed by atoms with Crippen LogP contribution in [0.4, 0.5) is 0 Å². The van der Waals surface area contributed by atoms with Crippen LogP contribution in [0, 0.1) is 13.8 Å². The van der Waals surface area contributed by atoms with Gasteiger partial charge in [0, 0.05) is 11.1 Å². The molecule has 0 saturated carbocycles. The van der Waals surface area contributed by atoms with Gasteiger partial charge in [0.15, 0.2) is 0 Å². The van der Waals surface area contributed by atoms with E-state index >= 15 is 0 Å². The Balaban J connectivity index is 2.06. The SMILES string of the molecule is COc1ccc(C(=O)N(C(=O)c2ccccc2)n2nnc(C)c2C)cc1. The van der Waals surface area contributed by atoms with E-state index in [0.717, 1.165) is 5.01 Å². The molecule has 7 nitrogen and oxygen atoms in total. The number of hydrogen-bond donors (Lipinski definition) is 0. The van der Waals surface area contributed by atoms with Gasteiger partial charge in [-0.15, -0.1) is 9.89 Å². The number of aromatic nitrogens is 3. The number of aryl methyl sites for hydroxylation is 1. The van der Waals surface area contributed by atoms with Crippen molar-refractivity contribution >= 4 is 11.8 Å². The number of methoxy groups -OCH3 is 1. The number of carbonyl (C=O) groups is 2. The molecule has 2 amide bonds. The Morgan fingerprint density at radius 1 is 0.923 bits per heavy atom. The molecule has 0 spiro atoms. The van der Waals surface area contributed by atoms with Gasteiger partial charge in [-0.3, -0.25) is 9.59 Å². The lowest BCUT2D eigenvalue weighted by Crippen LogP contribution is -2.46. The number of imide groups is 1. The zero-order chi connectivity index (χ0) is 18.7. The molecule has 0 N–H and O–H groups in total. The monoisotopic (exact) mass is 350 g/mol. The summed E-state index contributed by atoms with van der Waals surface area (Å²) >= 11 is 0. The number of hydrogen-bond acceptors (Lipinski definition) is 5. The third-order valence-corrected chi connectivity index (χ3v) is 4.03. The van der Waals surface area contributed by atoms with E-state index in [0.29, 0.717) is 28.3 Å². The third-order valence-electron chi connectivity index (χ3n) is 4.03. The highest BCUT2D eigenvalue weighted by molar-refractivity contribution is 6.20. The molecular formula is C19H18N4O3. The summed E-state index contributed by atoms with van der Waals surface area (Å²) in [5.41, 5.74) is 1.96. The van der Waals surface area contributed by atoms with Crippen molar-refractivity contribution < 1.29 is 14.3 Å². The number of benzene rings is 2. The van der Waals surface area contributed by atoms with E-state index in [2.05, 4.69) is 10.3 Å². The average Bonchev–Trinajstić information content (AvgIpc) is 3.01. The molecule has 0 bridgehead atoms. The molecule has 0 unspecified atom stereocenters. The van der Waals surface area contributed by atoms with Gasteiger partial charge >= 0.3 is 0 Å². The molecule has 0 saturated heterocycles. The minimum atomic E-state index is -0.505. The number of nitrogens with zero attached hydrogens (tertiary/aromatic N) is 4. The van der Waals surface area contributed by atoms with E-state index in [4.69, 9.17) is 4.74 Å². The molecule has 0 fully saturated rings. The van der Waals surface area contributed by atoms with Crippen LogP contribution >= 0.6 is 0 Å². The summed E-state index contributed by atoms with van der Waals surface area (Å²) in [7, 11) is 1.55. The van der Waals surface area contributed by atoms with Crippen molar-refractivity contribution in [2.45, 2.75) is 13.8 Å². The van der Waals surface area contributed by atoms with Gasteiger partial charge in [-0.05, 0) is 55.5 Å². The number of rotatable bonds is 4. The van der Waals surface area contributed by atoms with Crippen LogP contribution in [0.25, 0.3) is 0 Å². The van der Waals surface area contributed by atoms with Crippen LogP contribution in [0.1, 0.15) is 32.1 Å². The zero-order valence-corrected chi connectivity index (χ0v) is 14.7. The predicted octanol–water partition coefficient (Wildman–Crippen LogP) is 2.52. The van der Waals surface area contributed by atoms with E-state index in [1.165, 1.54) is 4.79 Å². The molecule has 1 heterocycles. The summed E-state index contributed by atoms with van der Waals surface area (Å²) in [6.45, 7) is 3.52. The van der Waals surface area contributed by atoms with Crippen LogP contribution in [-0.2, 0) is 0 Å². The standard InChI is InChI=1S/C19H18N4O3/c1-13-14(2)23(21-20-13)22(18(24)15-7-5-4-6-8-15)19(25)16-9-11-17(26-3)12-10-16/h4-12H,1-3H3. The maximum absolute atomic E-state index is 13.1. The molecule has 0 aliphatic heterocycles. The molecule has 3 aromatic rings. The van der Waals surface area contributed by atoms with Crippen molar-refractivity contribution in [2.75, 3.05) is 12.1 Å². The first-order valence-electron chi connectivity index (χ1n) is 8.00. The molecule has 0 aliphatic carbocycles. The van der Waals surface area contributed by atoms with Crippen molar-refractivity contribution in [3.63, 3.8) is 0 Å². The van der Waals surface area contributed by atoms with Gasteiger partial charge in [0.05, 0.1) is 18.5 Å². The van der Waals surface area contributed by atoms with Gasteiger partial charge in [-0.25, -0.2) is 0 Å². The minimum Gasteiger partial charge on any atom is -0.497 e. The molecule has 0 aliphatic rings. The van der Waals surface area contributed by atoms with Crippen molar-refractivity contribution in [1.82, 2.24) is 15.1 Å². The Kier molecular flexibility index (Phi) is 4.79. The summed E-state index contributed by atoms with van der Waals surface area (Å²) < 4.78 is 5.11. The van der Waals surface area contributed by atoms with Gasteiger partial charge < -0.3 is 4.74 Å². The average molecular weight is 350 g/mol.